The van der Waals surface area contributed by atoms with Crippen molar-refractivity contribution < 1.29 is 28.8 Å². The largest absolute Gasteiger partial charge is 0.479 e. The van der Waals surface area contributed by atoms with Crippen molar-refractivity contribution in [3.63, 3.8) is 0 Å². The van der Waals surface area contributed by atoms with Crippen LogP contribution in [-0.2, 0) is 18.9 Å². The van der Waals surface area contributed by atoms with Gasteiger partial charge in [0.2, 0.25) is 0 Å². The highest BCUT2D eigenvalue weighted by atomic mass is 35.5. The number of carboxylic acids is 1. The molecule has 32 heavy (non-hydrogen) atoms. The van der Waals surface area contributed by atoms with Crippen LogP contribution in [-0.4, -0.2) is 60.1 Å². The highest BCUT2D eigenvalue weighted by Crippen LogP contribution is 2.33. The molecule has 1 aliphatic heterocycles. The molecule has 0 aromatic heterocycles. The van der Waals surface area contributed by atoms with Crippen LogP contribution in [0.4, 0.5) is 0 Å². The Morgan fingerprint density at radius 3 is 2.50 bits per heavy atom. The van der Waals surface area contributed by atoms with Gasteiger partial charge in [0.25, 0.3) is 5.91 Å². The quantitative estimate of drug-likeness (QED) is 0.436. The van der Waals surface area contributed by atoms with Crippen LogP contribution in [0.1, 0.15) is 44.0 Å². The van der Waals surface area contributed by atoms with Crippen LogP contribution in [0.15, 0.2) is 18.2 Å². The molecule has 2 unspecified atom stereocenters. The summed E-state index contributed by atoms with van der Waals surface area (Å²) in [5, 5.41) is 12.7. The molecule has 11 heteroatoms. The van der Waals surface area contributed by atoms with Gasteiger partial charge in [-0.05, 0) is 43.7 Å². The number of aliphatic carboxylic acids is 1. The number of hydrogen-bond donors (Lipinski definition) is 2. The zero-order valence-electron chi connectivity index (χ0n) is 18.5. The Labute approximate surface area is 203 Å². The van der Waals surface area contributed by atoms with E-state index in [-0.39, 0.29) is 34.5 Å². The molecule has 1 saturated heterocycles. The maximum absolute atomic E-state index is 13.2. The first-order valence-corrected chi connectivity index (χ1v) is 12.5. The van der Waals surface area contributed by atoms with Gasteiger partial charge in [0.05, 0.1) is 22.7 Å². The maximum atomic E-state index is 13.2. The van der Waals surface area contributed by atoms with E-state index >= 15 is 0 Å². The first kappa shape index (κ1) is 27.0. The molecule has 1 aliphatic rings. The molecule has 176 valence electrons. The third-order valence-corrected chi connectivity index (χ3v) is 6.35. The molecule has 1 aromatic rings. The topological polar surface area (TPSA) is 102 Å². The zero-order valence-corrected chi connectivity index (χ0v) is 20.8. The van der Waals surface area contributed by atoms with Crippen LogP contribution in [0.5, 0.6) is 0 Å². The van der Waals surface area contributed by atoms with Crippen molar-refractivity contribution in [2.24, 2.45) is 5.92 Å². The zero-order chi connectivity index (χ0) is 24.0. The molecule has 1 amide bonds. The fraction of sp³-hybridized carbons (Fsp3) is 0.571. The van der Waals surface area contributed by atoms with Gasteiger partial charge < -0.3 is 19.7 Å². The number of halogens is 2. The van der Waals surface area contributed by atoms with E-state index < -0.39 is 37.2 Å². The van der Waals surface area contributed by atoms with E-state index in [1.807, 2.05) is 20.1 Å². The van der Waals surface area contributed by atoms with Gasteiger partial charge in [-0.1, -0.05) is 37.0 Å². The smallest absolute Gasteiger partial charge is 0.461 e. The van der Waals surface area contributed by atoms with Gasteiger partial charge in [-0.3, -0.25) is 9.59 Å². The van der Waals surface area contributed by atoms with Gasteiger partial charge in [0, 0.05) is 23.0 Å². The van der Waals surface area contributed by atoms with Gasteiger partial charge >= 0.3 is 13.1 Å². The minimum Gasteiger partial charge on any atom is -0.479 e. The molecular formula is C21H28BCl2NO6S. The van der Waals surface area contributed by atoms with Crippen molar-refractivity contribution >= 4 is 59.7 Å². The van der Waals surface area contributed by atoms with E-state index in [0.717, 1.165) is 0 Å². The van der Waals surface area contributed by atoms with E-state index in [1.165, 1.54) is 23.9 Å². The van der Waals surface area contributed by atoms with Crippen molar-refractivity contribution in [2.45, 2.75) is 57.7 Å². The van der Waals surface area contributed by atoms with Crippen molar-refractivity contribution in [2.75, 3.05) is 12.0 Å². The second-order valence-corrected chi connectivity index (χ2v) is 10.0. The Bertz CT molecular complexity index is 843. The second kappa shape index (κ2) is 12.3. The van der Waals surface area contributed by atoms with E-state index in [2.05, 4.69) is 5.32 Å². The monoisotopic (exact) mass is 503 g/mol. The van der Waals surface area contributed by atoms with Crippen molar-refractivity contribution in [1.29, 1.82) is 0 Å². The molecule has 1 aromatic carbocycles. The molecular weight excluding hydrogens is 476 g/mol. The minimum absolute atomic E-state index is 0.0800. The molecule has 1 fully saturated rings. The average molecular weight is 504 g/mol. The van der Waals surface area contributed by atoms with Crippen LogP contribution in [0, 0.1) is 5.92 Å². The van der Waals surface area contributed by atoms with Gasteiger partial charge in [0.1, 0.15) is 0 Å². The number of carbonyl (C=O) groups is 3. The van der Waals surface area contributed by atoms with Crippen molar-refractivity contribution in [3.05, 3.63) is 33.8 Å². The van der Waals surface area contributed by atoms with Gasteiger partial charge in [-0.25, -0.2) is 4.79 Å². The molecule has 0 saturated carbocycles. The third-order valence-electron chi connectivity index (χ3n) is 5.12. The summed E-state index contributed by atoms with van der Waals surface area (Å²) < 4.78 is 11.4. The van der Waals surface area contributed by atoms with Crippen LogP contribution in [0.25, 0.3) is 0 Å². The Balaban J connectivity index is 2.14. The lowest BCUT2D eigenvalue weighted by atomic mass is 9.65. The number of thioether (sulfide) groups is 1. The van der Waals surface area contributed by atoms with Crippen LogP contribution >= 0.6 is 35.0 Å². The molecule has 4 atom stereocenters. The maximum Gasteiger partial charge on any atom is 0.461 e. The molecule has 7 nitrogen and oxygen atoms in total. The lowest BCUT2D eigenvalue weighted by Gasteiger charge is -2.23. The first-order valence-electron chi connectivity index (χ1n) is 10.3. The number of benzene rings is 1. The summed E-state index contributed by atoms with van der Waals surface area (Å²) in [6.07, 6.45) is 0.837. The lowest BCUT2D eigenvalue weighted by Crippen LogP contribution is -2.44. The average Bonchev–Trinajstić information content (AvgIpc) is 3.10. The number of hydrogen-bond acceptors (Lipinski definition) is 6. The Hall–Kier alpha value is -1.26. The standard InChI is InChI=1S/C21H28BCl2NO6S/c1-11(2)7-13(22-30-12(3)19(31-22)21(28)29)8-18(26)17(10-32-4)25-20(27)15-9-14(23)5-6-16(15)24/h5-6,9,11-13,17,19H,7-8,10H2,1-4H3,(H,25,27)(H,28,29)/t12?,13-,17+,19?/m1/s1. The molecule has 0 radical (unpaired) electrons. The lowest BCUT2D eigenvalue weighted by molar-refractivity contribution is -0.145. The van der Waals surface area contributed by atoms with E-state index in [9.17, 15) is 19.5 Å². The predicted molar refractivity (Wildman–Crippen MR) is 128 cm³/mol. The molecule has 2 N–H and O–H groups in total. The number of nitrogens with one attached hydrogen (secondary N) is 1. The van der Waals surface area contributed by atoms with E-state index in [4.69, 9.17) is 32.5 Å². The van der Waals surface area contributed by atoms with Gasteiger partial charge in [-0.15, -0.1) is 0 Å². The number of ketones is 1. The molecule has 2 rings (SSSR count). The van der Waals surface area contributed by atoms with E-state index in [1.54, 1.807) is 13.0 Å². The minimum atomic E-state index is -1.10. The fourth-order valence-corrected chi connectivity index (χ4v) is 4.62. The summed E-state index contributed by atoms with van der Waals surface area (Å²) in [5.74, 6) is -1.50. The molecule has 0 aliphatic carbocycles. The van der Waals surface area contributed by atoms with E-state index in [0.29, 0.717) is 17.2 Å². The van der Waals surface area contributed by atoms with Gasteiger partial charge in [0.15, 0.2) is 11.9 Å². The highest BCUT2D eigenvalue weighted by molar-refractivity contribution is 7.98. The summed E-state index contributed by atoms with van der Waals surface area (Å²) in [6.45, 7) is 5.65. The first-order chi connectivity index (χ1) is 15.0. The third kappa shape index (κ3) is 7.38. The summed E-state index contributed by atoms with van der Waals surface area (Å²) in [7, 11) is -0.801. The molecule has 0 bridgehead atoms. The predicted octanol–water partition coefficient (Wildman–Crippen LogP) is 4.21. The van der Waals surface area contributed by atoms with Crippen molar-refractivity contribution in [1.82, 2.24) is 5.32 Å². The summed E-state index contributed by atoms with van der Waals surface area (Å²) in [6, 6.07) is 3.80. The molecule has 0 spiro atoms. The summed E-state index contributed by atoms with van der Waals surface area (Å²) >= 11 is 13.5. The number of carbonyl (C=O) groups excluding carboxylic acids is 2. The van der Waals surface area contributed by atoms with Crippen LogP contribution in [0.3, 0.4) is 0 Å². The summed E-state index contributed by atoms with van der Waals surface area (Å²) in [4.78, 5) is 37.3. The number of Topliss-reactive ketones (excluding diaryl/α,β-unsaturated/α-hetero) is 1. The van der Waals surface area contributed by atoms with Crippen molar-refractivity contribution in [3.8, 4) is 0 Å². The summed E-state index contributed by atoms with van der Waals surface area (Å²) in [5.41, 5.74) is 0.192. The number of carboxylic acid groups (broad SMARTS) is 1. The fourth-order valence-electron chi connectivity index (χ4n) is 3.64. The Morgan fingerprint density at radius 2 is 1.94 bits per heavy atom. The highest BCUT2D eigenvalue weighted by Gasteiger charge is 2.46. The second-order valence-electron chi connectivity index (χ2n) is 8.27. The molecule has 1 heterocycles. The van der Waals surface area contributed by atoms with Crippen LogP contribution < -0.4 is 5.32 Å². The van der Waals surface area contributed by atoms with Gasteiger partial charge in [-0.2, -0.15) is 11.8 Å². The normalized spacial score (nSPS) is 20.3. The SMILES string of the molecule is CSC[C@H](NC(=O)c1cc(Cl)ccc1Cl)C(=O)C[C@@H](CC(C)C)B1OC(C)C(C(=O)O)O1. The Kier molecular flexibility index (Phi) is 10.4. The number of amides is 1. The number of rotatable bonds is 11. The Morgan fingerprint density at radius 1 is 1.25 bits per heavy atom. The van der Waals surface area contributed by atoms with Crippen LogP contribution in [0.2, 0.25) is 15.9 Å².